The lowest BCUT2D eigenvalue weighted by atomic mass is 10.2. The van der Waals surface area contributed by atoms with Crippen LogP contribution in [0.25, 0.3) is 0 Å². The number of carbonyl (C=O) groups excluding carboxylic acids is 1. The highest BCUT2D eigenvalue weighted by Crippen LogP contribution is 2.24. The van der Waals surface area contributed by atoms with Crippen molar-refractivity contribution < 1.29 is 4.79 Å². The number of hydrogen-bond donors (Lipinski definition) is 1. The summed E-state index contributed by atoms with van der Waals surface area (Å²) in [5.74, 6) is 0.122. The SMILES string of the molecule is O=C(CCn1cc(Br)cn1)Nc1nn(Cc2ccc(Cl)c(Cl)c2)cc1Cl. The van der Waals surface area contributed by atoms with Crippen LogP contribution < -0.4 is 5.32 Å². The van der Waals surface area contributed by atoms with E-state index < -0.39 is 0 Å². The van der Waals surface area contributed by atoms with E-state index in [0.717, 1.165) is 10.0 Å². The first kappa shape index (κ1) is 19.2. The van der Waals surface area contributed by atoms with Crippen LogP contribution in [0.3, 0.4) is 0 Å². The molecule has 1 aromatic carbocycles. The van der Waals surface area contributed by atoms with E-state index in [4.69, 9.17) is 34.8 Å². The number of nitrogens with zero attached hydrogens (tertiary/aromatic N) is 4. The molecule has 0 radical (unpaired) electrons. The normalized spacial score (nSPS) is 10.9. The summed E-state index contributed by atoms with van der Waals surface area (Å²) < 4.78 is 4.16. The third-order valence-corrected chi connectivity index (χ3v) is 4.90. The second-order valence-corrected chi connectivity index (χ2v) is 7.63. The summed E-state index contributed by atoms with van der Waals surface area (Å²) in [6, 6.07) is 5.34. The maximum atomic E-state index is 12.1. The average molecular weight is 478 g/mol. The van der Waals surface area contributed by atoms with Crippen molar-refractivity contribution in [3.63, 3.8) is 0 Å². The van der Waals surface area contributed by atoms with Crippen LogP contribution in [0.5, 0.6) is 0 Å². The van der Waals surface area contributed by atoms with Gasteiger partial charge in [-0.2, -0.15) is 10.2 Å². The number of aryl methyl sites for hydroxylation is 1. The van der Waals surface area contributed by atoms with Crippen LogP contribution in [-0.4, -0.2) is 25.5 Å². The van der Waals surface area contributed by atoms with Crippen LogP contribution in [0.1, 0.15) is 12.0 Å². The minimum absolute atomic E-state index is 0.196. The number of hydrogen-bond acceptors (Lipinski definition) is 3. The van der Waals surface area contributed by atoms with Crippen molar-refractivity contribution in [2.45, 2.75) is 19.5 Å². The van der Waals surface area contributed by atoms with Gasteiger partial charge in [0.15, 0.2) is 5.82 Å². The maximum Gasteiger partial charge on any atom is 0.227 e. The van der Waals surface area contributed by atoms with Crippen molar-refractivity contribution in [1.29, 1.82) is 0 Å². The molecule has 2 heterocycles. The molecule has 26 heavy (non-hydrogen) atoms. The number of amides is 1. The van der Waals surface area contributed by atoms with Gasteiger partial charge < -0.3 is 5.32 Å². The molecular weight excluding hydrogens is 464 g/mol. The van der Waals surface area contributed by atoms with Crippen LogP contribution in [0.4, 0.5) is 5.82 Å². The third-order valence-electron chi connectivity index (χ3n) is 3.47. The zero-order valence-electron chi connectivity index (χ0n) is 13.3. The number of benzene rings is 1. The number of anilines is 1. The van der Waals surface area contributed by atoms with E-state index in [1.54, 1.807) is 40.1 Å². The largest absolute Gasteiger partial charge is 0.308 e. The fourth-order valence-electron chi connectivity index (χ4n) is 2.26. The Kier molecular flexibility index (Phi) is 6.24. The molecule has 0 aliphatic carbocycles. The van der Waals surface area contributed by atoms with Gasteiger partial charge in [-0.15, -0.1) is 0 Å². The molecule has 0 unspecified atom stereocenters. The highest BCUT2D eigenvalue weighted by molar-refractivity contribution is 9.10. The van der Waals surface area contributed by atoms with E-state index in [1.165, 1.54) is 0 Å². The Bertz CT molecular complexity index is 940. The molecule has 3 rings (SSSR count). The molecule has 1 N–H and O–H groups in total. The summed E-state index contributed by atoms with van der Waals surface area (Å²) in [5, 5.41) is 12.4. The summed E-state index contributed by atoms with van der Waals surface area (Å²) in [4.78, 5) is 12.1. The molecule has 0 bridgehead atoms. The van der Waals surface area contributed by atoms with Gasteiger partial charge in [-0.25, -0.2) is 0 Å². The van der Waals surface area contributed by atoms with Crippen molar-refractivity contribution in [2.24, 2.45) is 0 Å². The standard InChI is InChI=1S/C16H13BrCl3N5O/c17-11-6-21-24(8-11)4-3-15(26)22-16-14(20)9-25(23-16)7-10-1-2-12(18)13(19)5-10/h1-2,5-6,8-9H,3-4,7H2,(H,22,23,26). The van der Waals surface area contributed by atoms with Gasteiger partial charge in [0, 0.05) is 25.4 Å². The van der Waals surface area contributed by atoms with Gasteiger partial charge in [0.25, 0.3) is 0 Å². The van der Waals surface area contributed by atoms with Gasteiger partial charge in [0.2, 0.25) is 5.91 Å². The van der Waals surface area contributed by atoms with E-state index >= 15 is 0 Å². The lowest BCUT2D eigenvalue weighted by Crippen LogP contribution is -2.15. The highest BCUT2D eigenvalue weighted by Gasteiger charge is 2.12. The van der Waals surface area contributed by atoms with E-state index in [1.807, 2.05) is 6.07 Å². The molecule has 0 atom stereocenters. The van der Waals surface area contributed by atoms with E-state index in [-0.39, 0.29) is 12.3 Å². The summed E-state index contributed by atoms with van der Waals surface area (Å²) in [6.45, 7) is 0.910. The van der Waals surface area contributed by atoms with Crippen LogP contribution in [0, 0.1) is 0 Å². The third kappa shape index (κ3) is 5.01. The first-order valence-corrected chi connectivity index (χ1v) is 9.48. The molecule has 10 heteroatoms. The second kappa shape index (κ2) is 8.43. The zero-order valence-corrected chi connectivity index (χ0v) is 17.1. The minimum atomic E-state index is -0.196. The quantitative estimate of drug-likeness (QED) is 0.550. The van der Waals surface area contributed by atoms with Gasteiger partial charge in [0.1, 0.15) is 5.02 Å². The fraction of sp³-hybridized carbons (Fsp3) is 0.188. The Labute approximate surface area is 173 Å². The Balaban J connectivity index is 1.60. The average Bonchev–Trinajstić information content (AvgIpc) is 3.15. The van der Waals surface area contributed by atoms with Gasteiger partial charge in [-0.1, -0.05) is 40.9 Å². The Hall–Kier alpha value is -1.54. The number of rotatable bonds is 6. The summed E-state index contributed by atoms with van der Waals surface area (Å²) in [6.07, 6.45) is 5.36. The zero-order chi connectivity index (χ0) is 18.7. The van der Waals surface area contributed by atoms with Crippen molar-refractivity contribution >= 4 is 62.5 Å². The molecular formula is C16H13BrCl3N5O. The molecule has 0 saturated heterocycles. The number of nitrogens with one attached hydrogen (secondary N) is 1. The molecule has 6 nitrogen and oxygen atoms in total. The summed E-state index contributed by atoms with van der Waals surface area (Å²) in [5.41, 5.74) is 0.917. The van der Waals surface area contributed by atoms with Crippen molar-refractivity contribution in [3.8, 4) is 0 Å². The Morgan fingerprint density at radius 1 is 1.12 bits per heavy atom. The molecule has 0 aliphatic rings. The van der Waals surface area contributed by atoms with Crippen molar-refractivity contribution in [1.82, 2.24) is 19.6 Å². The van der Waals surface area contributed by atoms with Crippen molar-refractivity contribution in [3.05, 3.63) is 61.9 Å². The molecule has 1 amide bonds. The van der Waals surface area contributed by atoms with Crippen LogP contribution in [0.2, 0.25) is 15.1 Å². The highest BCUT2D eigenvalue weighted by atomic mass is 79.9. The van der Waals surface area contributed by atoms with Gasteiger partial charge in [0.05, 0.1) is 27.3 Å². The van der Waals surface area contributed by atoms with Crippen LogP contribution >= 0.6 is 50.7 Å². The molecule has 0 fully saturated rings. The van der Waals surface area contributed by atoms with E-state index in [9.17, 15) is 4.79 Å². The Morgan fingerprint density at radius 2 is 1.92 bits per heavy atom. The van der Waals surface area contributed by atoms with E-state index in [0.29, 0.717) is 34.0 Å². The van der Waals surface area contributed by atoms with Crippen LogP contribution in [-0.2, 0) is 17.9 Å². The van der Waals surface area contributed by atoms with Gasteiger partial charge in [-0.3, -0.25) is 14.2 Å². The van der Waals surface area contributed by atoms with Gasteiger partial charge in [-0.05, 0) is 33.6 Å². The molecule has 0 spiro atoms. The maximum absolute atomic E-state index is 12.1. The van der Waals surface area contributed by atoms with E-state index in [2.05, 4.69) is 31.4 Å². The second-order valence-electron chi connectivity index (χ2n) is 5.49. The number of halogens is 4. The summed E-state index contributed by atoms with van der Waals surface area (Å²) >= 11 is 21.4. The number of aromatic nitrogens is 4. The lowest BCUT2D eigenvalue weighted by Gasteiger charge is -2.04. The lowest BCUT2D eigenvalue weighted by molar-refractivity contribution is -0.116. The first-order valence-electron chi connectivity index (χ1n) is 7.55. The topological polar surface area (TPSA) is 64.7 Å². The van der Waals surface area contributed by atoms with Gasteiger partial charge >= 0.3 is 0 Å². The molecule has 2 aromatic heterocycles. The van der Waals surface area contributed by atoms with Crippen molar-refractivity contribution in [2.75, 3.05) is 5.32 Å². The fourth-order valence-corrected chi connectivity index (χ4v) is 3.11. The summed E-state index contributed by atoms with van der Waals surface area (Å²) in [7, 11) is 0. The van der Waals surface area contributed by atoms with Crippen LogP contribution in [0.15, 0.2) is 41.3 Å². The molecule has 0 aliphatic heterocycles. The first-order chi connectivity index (χ1) is 12.4. The Morgan fingerprint density at radius 3 is 2.62 bits per heavy atom. The molecule has 0 saturated carbocycles. The monoisotopic (exact) mass is 475 g/mol. The predicted octanol–water partition coefficient (Wildman–Crippen LogP) is 4.88. The smallest absolute Gasteiger partial charge is 0.227 e. The molecule has 3 aromatic rings. The number of carbonyl (C=O) groups is 1. The molecule has 136 valence electrons. The minimum Gasteiger partial charge on any atom is -0.308 e. The predicted molar refractivity (Wildman–Crippen MR) is 106 cm³/mol.